The maximum absolute atomic E-state index is 11.5. The Hall–Kier alpha value is -1.47. The highest BCUT2D eigenvalue weighted by atomic mass is 16.5. The van der Waals surface area contributed by atoms with Crippen LogP contribution in [0.4, 0.5) is 0 Å². The number of aromatic amines is 1. The second-order valence-corrected chi connectivity index (χ2v) is 3.78. The zero-order valence-electron chi connectivity index (χ0n) is 9.36. The molecule has 1 aromatic rings. The molecule has 3 N–H and O–H groups in total. The number of carbonyl (C=O) groups excluding carboxylic acids is 1. The lowest BCUT2D eigenvalue weighted by molar-refractivity contribution is 0.0243. The number of H-pyrrole nitrogens is 1. The van der Waals surface area contributed by atoms with Crippen LogP contribution in [-0.4, -0.2) is 52.3 Å². The molecule has 1 heterocycles. The highest BCUT2D eigenvalue weighted by Gasteiger charge is 2.21. The minimum Gasteiger partial charge on any atom is -0.388 e. The third-order valence-electron chi connectivity index (χ3n) is 2.12. The van der Waals surface area contributed by atoms with Crippen LogP contribution in [0.2, 0.25) is 0 Å². The van der Waals surface area contributed by atoms with E-state index in [9.17, 15) is 9.90 Å². The lowest BCUT2D eigenvalue weighted by Gasteiger charge is -2.22. The van der Waals surface area contributed by atoms with E-state index in [1.807, 2.05) is 0 Å². The number of carbonyl (C=O) groups is 1. The second-order valence-electron chi connectivity index (χ2n) is 3.78. The first kappa shape index (κ1) is 12.6. The van der Waals surface area contributed by atoms with Crippen LogP contribution in [0.5, 0.6) is 0 Å². The Morgan fingerprint density at radius 2 is 2.50 bits per heavy atom. The van der Waals surface area contributed by atoms with Gasteiger partial charge in [-0.25, -0.2) is 0 Å². The molecule has 0 aliphatic carbocycles. The summed E-state index contributed by atoms with van der Waals surface area (Å²) in [6.45, 7) is 2.21. The van der Waals surface area contributed by atoms with E-state index in [0.717, 1.165) is 0 Å². The summed E-state index contributed by atoms with van der Waals surface area (Å²) in [4.78, 5) is 11.5. The van der Waals surface area contributed by atoms with E-state index in [1.165, 1.54) is 6.20 Å². The Morgan fingerprint density at radius 3 is 3.06 bits per heavy atom. The van der Waals surface area contributed by atoms with E-state index in [2.05, 4.69) is 20.7 Å². The molecule has 0 aliphatic heterocycles. The molecule has 0 aromatic carbocycles. The number of nitrogens with zero attached hydrogens (tertiary/aromatic N) is 2. The second kappa shape index (κ2) is 5.57. The highest BCUT2D eigenvalue weighted by Crippen LogP contribution is 2.07. The smallest absolute Gasteiger partial charge is 0.273 e. The first-order valence-corrected chi connectivity index (χ1v) is 4.90. The molecule has 1 rings (SSSR count). The van der Waals surface area contributed by atoms with Gasteiger partial charge in [-0.1, -0.05) is 0 Å². The molecule has 0 saturated carbocycles. The van der Waals surface area contributed by atoms with Crippen molar-refractivity contribution in [3.8, 4) is 0 Å². The lowest BCUT2D eigenvalue weighted by Crippen LogP contribution is -2.41. The van der Waals surface area contributed by atoms with Crippen LogP contribution in [0.3, 0.4) is 0 Å². The zero-order chi connectivity index (χ0) is 12.0. The van der Waals surface area contributed by atoms with Crippen LogP contribution in [0.25, 0.3) is 0 Å². The van der Waals surface area contributed by atoms with Gasteiger partial charge in [0.25, 0.3) is 5.91 Å². The number of ether oxygens (including phenoxy) is 1. The molecule has 1 unspecified atom stereocenters. The zero-order valence-corrected chi connectivity index (χ0v) is 9.36. The van der Waals surface area contributed by atoms with Gasteiger partial charge in [0.1, 0.15) is 0 Å². The van der Waals surface area contributed by atoms with Crippen LogP contribution >= 0.6 is 0 Å². The van der Waals surface area contributed by atoms with Crippen molar-refractivity contribution >= 4 is 5.91 Å². The van der Waals surface area contributed by atoms with E-state index in [1.54, 1.807) is 14.0 Å². The monoisotopic (exact) mass is 228 g/mol. The van der Waals surface area contributed by atoms with Crippen molar-refractivity contribution in [2.75, 3.05) is 20.3 Å². The van der Waals surface area contributed by atoms with Gasteiger partial charge in [-0.3, -0.25) is 4.79 Å². The number of aliphatic hydroxyl groups is 1. The van der Waals surface area contributed by atoms with Gasteiger partial charge in [0.2, 0.25) is 0 Å². The number of hydrogen-bond acceptors (Lipinski definition) is 5. The topological polar surface area (TPSA) is 100 Å². The van der Waals surface area contributed by atoms with Gasteiger partial charge in [0.05, 0.1) is 11.8 Å². The molecule has 0 saturated heterocycles. The molecule has 0 fully saturated rings. The fraction of sp³-hybridized carbons (Fsp3) is 0.667. The maximum atomic E-state index is 11.5. The summed E-state index contributed by atoms with van der Waals surface area (Å²) in [5, 5.41) is 21.9. The Labute approximate surface area is 93.2 Å². The molecule has 7 heteroatoms. The standard InChI is InChI=1S/C9H16N4O3/c1-9(15,3-4-16-2)6-10-8(14)7-5-11-13-12-7/h5,15H,3-4,6H2,1-2H3,(H,10,14)(H,11,12,13). The quantitative estimate of drug-likeness (QED) is 0.599. The van der Waals surface area contributed by atoms with E-state index >= 15 is 0 Å². The van der Waals surface area contributed by atoms with E-state index in [-0.39, 0.29) is 18.1 Å². The van der Waals surface area contributed by atoms with Crippen LogP contribution in [-0.2, 0) is 4.74 Å². The van der Waals surface area contributed by atoms with Crippen LogP contribution in [0.15, 0.2) is 6.20 Å². The van der Waals surface area contributed by atoms with Crippen molar-refractivity contribution in [1.82, 2.24) is 20.7 Å². The number of amides is 1. The fourth-order valence-corrected chi connectivity index (χ4v) is 1.08. The minimum atomic E-state index is -0.991. The van der Waals surface area contributed by atoms with Crippen molar-refractivity contribution in [3.63, 3.8) is 0 Å². The highest BCUT2D eigenvalue weighted by molar-refractivity contribution is 5.91. The summed E-state index contributed by atoms with van der Waals surface area (Å²) in [6, 6.07) is 0. The third kappa shape index (κ3) is 3.95. The summed E-state index contributed by atoms with van der Waals surface area (Å²) >= 11 is 0. The first-order chi connectivity index (χ1) is 7.55. The third-order valence-corrected chi connectivity index (χ3v) is 2.12. The molecular formula is C9H16N4O3. The van der Waals surface area contributed by atoms with Crippen LogP contribution < -0.4 is 5.32 Å². The predicted octanol–water partition coefficient (Wildman–Crippen LogP) is -0.678. The van der Waals surface area contributed by atoms with Gasteiger partial charge < -0.3 is 15.2 Å². The molecule has 0 radical (unpaired) electrons. The number of hydrogen-bond donors (Lipinski definition) is 3. The van der Waals surface area contributed by atoms with Crippen molar-refractivity contribution in [3.05, 3.63) is 11.9 Å². The molecular weight excluding hydrogens is 212 g/mol. The fourth-order valence-electron chi connectivity index (χ4n) is 1.08. The van der Waals surface area contributed by atoms with Gasteiger partial charge in [-0.15, -0.1) is 0 Å². The van der Waals surface area contributed by atoms with E-state index in [4.69, 9.17) is 4.74 Å². The SMILES string of the molecule is COCCC(C)(O)CNC(=O)c1cn[nH]n1. The predicted molar refractivity (Wildman–Crippen MR) is 55.8 cm³/mol. The van der Waals surface area contributed by atoms with Crippen molar-refractivity contribution in [2.45, 2.75) is 18.9 Å². The van der Waals surface area contributed by atoms with Gasteiger partial charge >= 0.3 is 0 Å². The number of methoxy groups -OCH3 is 1. The summed E-state index contributed by atoms with van der Waals surface area (Å²) in [6.07, 6.45) is 1.77. The molecule has 16 heavy (non-hydrogen) atoms. The largest absolute Gasteiger partial charge is 0.388 e. The Bertz CT molecular complexity index is 324. The molecule has 1 amide bonds. The average Bonchev–Trinajstić information content (AvgIpc) is 2.77. The van der Waals surface area contributed by atoms with Crippen LogP contribution in [0.1, 0.15) is 23.8 Å². The molecule has 1 atom stereocenters. The van der Waals surface area contributed by atoms with Gasteiger partial charge in [0, 0.05) is 26.7 Å². The number of rotatable bonds is 6. The summed E-state index contributed by atoms with van der Waals surface area (Å²) in [5.74, 6) is -0.369. The molecule has 90 valence electrons. The molecule has 0 aliphatic rings. The van der Waals surface area contributed by atoms with Gasteiger partial charge in [-0.2, -0.15) is 15.4 Å². The van der Waals surface area contributed by atoms with E-state index < -0.39 is 5.60 Å². The van der Waals surface area contributed by atoms with Crippen molar-refractivity contribution < 1.29 is 14.6 Å². The molecule has 0 bridgehead atoms. The van der Waals surface area contributed by atoms with Crippen molar-refractivity contribution in [2.24, 2.45) is 0 Å². The maximum Gasteiger partial charge on any atom is 0.273 e. The number of nitrogens with one attached hydrogen (secondary N) is 2. The summed E-state index contributed by atoms with van der Waals surface area (Å²) in [7, 11) is 1.56. The number of aromatic nitrogens is 3. The average molecular weight is 228 g/mol. The van der Waals surface area contributed by atoms with Gasteiger partial charge in [-0.05, 0) is 6.92 Å². The molecule has 0 spiro atoms. The lowest BCUT2D eigenvalue weighted by atomic mass is 10.0. The summed E-state index contributed by atoms with van der Waals surface area (Å²) < 4.78 is 4.86. The Kier molecular flexibility index (Phi) is 4.39. The minimum absolute atomic E-state index is 0.141. The van der Waals surface area contributed by atoms with E-state index in [0.29, 0.717) is 13.0 Å². The van der Waals surface area contributed by atoms with Gasteiger partial charge in [0.15, 0.2) is 5.69 Å². The molecule has 1 aromatic heterocycles. The first-order valence-electron chi connectivity index (χ1n) is 4.90. The Balaban J connectivity index is 2.36. The normalized spacial score (nSPS) is 14.4. The molecule has 7 nitrogen and oxygen atoms in total. The summed E-state index contributed by atoms with van der Waals surface area (Å²) in [5.41, 5.74) is -0.794. The Morgan fingerprint density at radius 1 is 1.75 bits per heavy atom. The van der Waals surface area contributed by atoms with Crippen molar-refractivity contribution in [1.29, 1.82) is 0 Å². The van der Waals surface area contributed by atoms with Crippen LogP contribution in [0, 0.1) is 0 Å².